The van der Waals surface area contributed by atoms with Crippen molar-refractivity contribution in [2.24, 2.45) is 5.92 Å². The summed E-state index contributed by atoms with van der Waals surface area (Å²) in [4.78, 5) is 30.0. The zero-order valence-electron chi connectivity index (χ0n) is 16.0. The van der Waals surface area contributed by atoms with Crippen molar-refractivity contribution < 1.29 is 4.79 Å². The summed E-state index contributed by atoms with van der Waals surface area (Å²) in [5, 5.41) is 4.16. The van der Waals surface area contributed by atoms with E-state index in [1.807, 2.05) is 37.7 Å². The van der Waals surface area contributed by atoms with E-state index in [1.54, 1.807) is 23.4 Å². The van der Waals surface area contributed by atoms with Gasteiger partial charge in [-0.25, -0.2) is 14.6 Å². The summed E-state index contributed by atoms with van der Waals surface area (Å²) in [6.45, 7) is 5.30. The summed E-state index contributed by atoms with van der Waals surface area (Å²) in [5.41, 5.74) is 0.257. The summed E-state index contributed by atoms with van der Waals surface area (Å²) >= 11 is 0. The first-order valence-corrected chi connectivity index (χ1v) is 9.01. The molecule has 1 aliphatic heterocycles. The van der Waals surface area contributed by atoms with Crippen LogP contribution in [0, 0.1) is 5.92 Å². The van der Waals surface area contributed by atoms with Gasteiger partial charge in [0.25, 0.3) is 0 Å². The molecule has 0 saturated carbocycles. The molecule has 1 atom stereocenters. The Morgan fingerprint density at radius 2 is 2.08 bits per heavy atom. The van der Waals surface area contributed by atoms with Crippen LogP contribution in [0.4, 0.5) is 5.82 Å². The Bertz CT molecular complexity index is 742. The average molecular weight is 357 g/mol. The van der Waals surface area contributed by atoms with Gasteiger partial charge in [0, 0.05) is 39.6 Å². The maximum atomic E-state index is 13.1. The van der Waals surface area contributed by atoms with Crippen LogP contribution in [0.3, 0.4) is 0 Å². The van der Waals surface area contributed by atoms with Gasteiger partial charge in [-0.15, -0.1) is 0 Å². The molecule has 0 bridgehead atoms. The van der Waals surface area contributed by atoms with Crippen LogP contribution in [0.25, 0.3) is 0 Å². The number of rotatable bonds is 5. The highest BCUT2D eigenvalue weighted by atomic mass is 16.2. The third kappa shape index (κ3) is 3.68. The largest absolute Gasteiger partial charge is 0.361 e. The van der Waals surface area contributed by atoms with Crippen LogP contribution >= 0.6 is 0 Å². The van der Waals surface area contributed by atoms with Crippen LogP contribution in [-0.2, 0) is 16.8 Å². The van der Waals surface area contributed by atoms with Gasteiger partial charge in [0.15, 0.2) is 0 Å². The summed E-state index contributed by atoms with van der Waals surface area (Å²) in [6.07, 6.45) is 9.44. The van der Waals surface area contributed by atoms with E-state index in [2.05, 4.69) is 20.1 Å². The fraction of sp³-hybridized carbons (Fsp3) is 0.611. The Balaban J connectivity index is 1.71. The fourth-order valence-corrected chi connectivity index (χ4v) is 3.55. The second-order valence-electron chi connectivity index (χ2n) is 7.58. The molecule has 0 spiro atoms. The molecule has 3 rings (SSSR count). The van der Waals surface area contributed by atoms with E-state index in [-0.39, 0.29) is 5.91 Å². The zero-order chi connectivity index (χ0) is 18.7. The number of hydrogen-bond acceptors (Lipinski definition) is 6. The average Bonchev–Trinajstić information content (AvgIpc) is 3.17. The molecule has 1 unspecified atom stereocenters. The minimum atomic E-state index is -0.736. The Hall–Kier alpha value is -2.51. The Kier molecular flexibility index (Phi) is 5.20. The SMILES string of the molecule is CN(C)c1nccnc1CC1CCCN(C(=O)C(C)(C)n2cncn2)C1. The van der Waals surface area contributed by atoms with Crippen LogP contribution in [0.2, 0.25) is 0 Å². The highest BCUT2D eigenvalue weighted by Crippen LogP contribution is 2.26. The number of anilines is 1. The van der Waals surface area contributed by atoms with E-state index < -0.39 is 5.54 Å². The van der Waals surface area contributed by atoms with Gasteiger partial charge in [-0.2, -0.15) is 5.10 Å². The predicted molar refractivity (Wildman–Crippen MR) is 98.7 cm³/mol. The third-order valence-corrected chi connectivity index (χ3v) is 4.98. The monoisotopic (exact) mass is 357 g/mol. The van der Waals surface area contributed by atoms with Gasteiger partial charge in [0.2, 0.25) is 5.91 Å². The van der Waals surface area contributed by atoms with E-state index in [4.69, 9.17) is 0 Å². The molecule has 140 valence electrons. The normalized spacial score (nSPS) is 18.0. The molecule has 8 heteroatoms. The molecule has 1 fully saturated rings. The number of amides is 1. The van der Waals surface area contributed by atoms with Crippen molar-refractivity contribution in [2.75, 3.05) is 32.1 Å². The van der Waals surface area contributed by atoms with Crippen molar-refractivity contribution in [3.05, 3.63) is 30.7 Å². The molecular weight excluding hydrogens is 330 g/mol. The van der Waals surface area contributed by atoms with Crippen molar-refractivity contribution in [3.8, 4) is 0 Å². The molecule has 1 amide bonds. The van der Waals surface area contributed by atoms with Crippen molar-refractivity contribution in [3.63, 3.8) is 0 Å². The third-order valence-electron chi connectivity index (χ3n) is 4.98. The predicted octanol–water partition coefficient (Wildman–Crippen LogP) is 1.35. The lowest BCUT2D eigenvalue weighted by atomic mass is 9.91. The topological polar surface area (TPSA) is 80.0 Å². The van der Waals surface area contributed by atoms with Crippen molar-refractivity contribution >= 4 is 11.7 Å². The van der Waals surface area contributed by atoms with Crippen LogP contribution in [0.1, 0.15) is 32.4 Å². The lowest BCUT2D eigenvalue weighted by Gasteiger charge is -2.37. The van der Waals surface area contributed by atoms with Gasteiger partial charge in [0.05, 0.1) is 5.69 Å². The first kappa shape index (κ1) is 18.3. The fourth-order valence-electron chi connectivity index (χ4n) is 3.55. The summed E-state index contributed by atoms with van der Waals surface area (Å²) < 4.78 is 1.63. The van der Waals surface area contributed by atoms with Gasteiger partial charge in [-0.3, -0.25) is 9.78 Å². The maximum absolute atomic E-state index is 13.1. The second kappa shape index (κ2) is 7.39. The van der Waals surface area contributed by atoms with E-state index in [9.17, 15) is 4.79 Å². The van der Waals surface area contributed by atoms with Gasteiger partial charge in [-0.1, -0.05) is 0 Å². The first-order chi connectivity index (χ1) is 12.4. The van der Waals surface area contributed by atoms with Crippen molar-refractivity contribution in [1.29, 1.82) is 0 Å². The highest BCUT2D eigenvalue weighted by molar-refractivity contribution is 5.83. The summed E-state index contributed by atoms with van der Waals surface area (Å²) in [5.74, 6) is 1.37. The molecule has 26 heavy (non-hydrogen) atoms. The van der Waals surface area contributed by atoms with Crippen LogP contribution in [0.15, 0.2) is 25.0 Å². The molecular formula is C18H27N7O. The van der Waals surface area contributed by atoms with Gasteiger partial charge >= 0.3 is 0 Å². The van der Waals surface area contributed by atoms with Crippen LogP contribution in [-0.4, -0.2) is 62.7 Å². The minimum absolute atomic E-state index is 0.0830. The molecule has 0 N–H and O–H groups in total. The Labute approximate surface area is 154 Å². The quantitative estimate of drug-likeness (QED) is 0.804. The first-order valence-electron chi connectivity index (χ1n) is 9.01. The molecule has 1 saturated heterocycles. The molecule has 2 aromatic heterocycles. The van der Waals surface area contributed by atoms with Gasteiger partial charge in [-0.05, 0) is 39.0 Å². The summed E-state index contributed by atoms with van der Waals surface area (Å²) in [7, 11) is 3.95. The van der Waals surface area contributed by atoms with Gasteiger partial charge < -0.3 is 9.80 Å². The number of nitrogens with zero attached hydrogens (tertiary/aromatic N) is 7. The lowest BCUT2D eigenvalue weighted by Crippen LogP contribution is -2.50. The molecule has 1 aliphatic rings. The molecule has 2 aromatic rings. The maximum Gasteiger partial charge on any atom is 0.250 e. The molecule has 0 aliphatic carbocycles. The molecule has 0 aromatic carbocycles. The van der Waals surface area contributed by atoms with Crippen LogP contribution < -0.4 is 4.90 Å². The molecule has 3 heterocycles. The van der Waals surface area contributed by atoms with Crippen molar-refractivity contribution in [1.82, 2.24) is 29.6 Å². The smallest absolute Gasteiger partial charge is 0.250 e. The van der Waals surface area contributed by atoms with Crippen LogP contribution in [0.5, 0.6) is 0 Å². The van der Waals surface area contributed by atoms with E-state index in [0.717, 1.165) is 43.9 Å². The minimum Gasteiger partial charge on any atom is -0.361 e. The number of piperidine rings is 1. The number of carbonyl (C=O) groups is 1. The number of likely N-dealkylation sites (tertiary alicyclic amines) is 1. The van der Waals surface area contributed by atoms with E-state index in [0.29, 0.717) is 5.92 Å². The number of aromatic nitrogens is 5. The zero-order valence-corrected chi connectivity index (χ0v) is 16.0. The molecule has 8 nitrogen and oxygen atoms in total. The number of hydrogen-bond donors (Lipinski definition) is 0. The van der Waals surface area contributed by atoms with E-state index >= 15 is 0 Å². The second-order valence-corrected chi connectivity index (χ2v) is 7.58. The molecule has 0 radical (unpaired) electrons. The Morgan fingerprint density at radius 1 is 1.31 bits per heavy atom. The lowest BCUT2D eigenvalue weighted by molar-refractivity contribution is -0.141. The Morgan fingerprint density at radius 3 is 2.77 bits per heavy atom. The van der Waals surface area contributed by atoms with Gasteiger partial charge in [0.1, 0.15) is 24.0 Å². The van der Waals surface area contributed by atoms with E-state index in [1.165, 1.54) is 6.33 Å². The number of carbonyl (C=O) groups excluding carboxylic acids is 1. The summed E-state index contributed by atoms with van der Waals surface area (Å²) in [6, 6.07) is 0. The van der Waals surface area contributed by atoms with Crippen molar-refractivity contribution in [2.45, 2.75) is 38.6 Å². The standard InChI is InChI=1S/C18H27N7O/c1-18(2,25-13-19-12-22-25)17(26)24-9-5-6-14(11-24)10-15-16(23(3)4)21-8-7-20-15/h7-8,12-14H,5-6,9-11H2,1-4H3. The highest BCUT2D eigenvalue weighted by Gasteiger charge is 2.36.